The number of aromatic amines is 1. The Hall–Kier alpha value is -2.85. The summed E-state index contributed by atoms with van der Waals surface area (Å²) in [5.74, 6) is 1.85. The zero-order valence-corrected chi connectivity index (χ0v) is 14.4. The first-order valence-corrected chi connectivity index (χ1v) is 8.40. The summed E-state index contributed by atoms with van der Waals surface area (Å²) in [6, 6.07) is 3.73. The SMILES string of the molecule is COCc1cc(N(C)Cc2nc3ccsc3c(=O)[nH]2)n2ncnc2n1. The first-order chi connectivity index (χ1) is 12.2. The largest absolute Gasteiger partial charge is 0.378 e. The number of methoxy groups -OCH3 is 1. The molecule has 128 valence electrons. The number of rotatable bonds is 5. The fourth-order valence-electron chi connectivity index (χ4n) is 2.64. The summed E-state index contributed by atoms with van der Waals surface area (Å²) in [6.07, 6.45) is 1.45. The van der Waals surface area contributed by atoms with Gasteiger partial charge in [-0.3, -0.25) is 4.79 Å². The molecule has 0 radical (unpaired) electrons. The summed E-state index contributed by atoms with van der Waals surface area (Å²) < 4.78 is 7.44. The minimum Gasteiger partial charge on any atom is -0.378 e. The van der Waals surface area contributed by atoms with Crippen LogP contribution in [0.5, 0.6) is 0 Å². The minimum atomic E-state index is -0.121. The second-order valence-corrected chi connectivity index (χ2v) is 6.43. The maximum Gasteiger partial charge on any atom is 0.268 e. The van der Waals surface area contributed by atoms with Crippen molar-refractivity contribution >= 4 is 33.1 Å². The van der Waals surface area contributed by atoms with E-state index in [0.29, 0.717) is 35.0 Å². The number of nitrogens with zero attached hydrogens (tertiary/aromatic N) is 6. The van der Waals surface area contributed by atoms with Crippen LogP contribution in [0.4, 0.5) is 5.82 Å². The van der Waals surface area contributed by atoms with Gasteiger partial charge < -0.3 is 14.6 Å². The number of thiophene rings is 1. The summed E-state index contributed by atoms with van der Waals surface area (Å²) in [6.45, 7) is 0.784. The average Bonchev–Trinajstić information content (AvgIpc) is 3.23. The molecule has 0 atom stereocenters. The molecule has 0 amide bonds. The second-order valence-electron chi connectivity index (χ2n) is 5.51. The highest BCUT2D eigenvalue weighted by Gasteiger charge is 2.14. The molecule has 4 rings (SSSR count). The number of fused-ring (bicyclic) bond motifs is 2. The minimum absolute atomic E-state index is 0.121. The van der Waals surface area contributed by atoms with Crippen molar-refractivity contribution in [3.8, 4) is 0 Å². The molecule has 0 saturated heterocycles. The molecule has 25 heavy (non-hydrogen) atoms. The van der Waals surface area contributed by atoms with Gasteiger partial charge in [-0.15, -0.1) is 11.3 Å². The number of H-pyrrole nitrogens is 1. The van der Waals surface area contributed by atoms with E-state index in [4.69, 9.17) is 4.74 Å². The molecule has 0 spiro atoms. The van der Waals surface area contributed by atoms with Gasteiger partial charge in [0.15, 0.2) is 0 Å². The van der Waals surface area contributed by atoms with Crippen molar-refractivity contribution in [2.45, 2.75) is 13.2 Å². The normalized spacial score (nSPS) is 11.4. The summed E-state index contributed by atoms with van der Waals surface area (Å²) in [7, 11) is 3.51. The van der Waals surface area contributed by atoms with Crippen molar-refractivity contribution in [2.24, 2.45) is 0 Å². The first-order valence-electron chi connectivity index (χ1n) is 7.52. The third kappa shape index (κ3) is 2.85. The first kappa shape index (κ1) is 15.7. The molecule has 0 aliphatic heterocycles. The highest BCUT2D eigenvalue weighted by molar-refractivity contribution is 7.17. The molecule has 9 nitrogen and oxygen atoms in total. The van der Waals surface area contributed by atoms with Gasteiger partial charge in [0.05, 0.1) is 24.4 Å². The Morgan fingerprint density at radius 2 is 2.28 bits per heavy atom. The Kier molecular flexibility index (Phi) is 3.90. The summed E-state index contributed by atoms with van der Waals surface area (Å²) >= 11 is 1.38. The van der Waals surface area contributed by atoms with E-state index in [1.165, 1.54) is 17.7 Å². The molecule has 0 unspecified atom stereocenters. The standard InChI is InChI=1S/C15H15N7O2S/c1-21(6-11-19-10-3-4-25-13(10)14(23)20-11)12-5-9(7-24-2)18-15-16-8-17-22(12)15/h3-5,8H,6-7H2,1-2H3,(H,19,20,23). The molecule has 0 aliphatic carbocycles. The van der Waals surface area contributed by atoms with Crippen molar-refractivity contribution < 1.29 is 4.74 Å². The van der Waals surface area contributed by atoms with Gasteiger partial charge in [0.1, 0.15) is 22.7 Å². The monoisotopic (exact) mass is 357 g/mol. The molecular formula is C15H15N7O2S. The van der Waals surface area contributed by atoms with Crippen molar-refractivity contribution in [1.29, 1.82) is 0 Å². The number of anilines is 1. The number of aromatic nitrogens is 6. The summed E-state index contributed by atoms with van der Waals surface area (Å²) in [5, 5.41) is 6.07. The zero-order chi connectivity index (χ0) is 17.4. The molecule has 10 heteroatoms. The number of hydrogen-bond acceptors (Lipinski definition) is 8. The fourth-order valence-corrected chi connectivity index (χ4v) is 3.37. The van der Waals surface area contributed by atoms with Crippen LogP contribution in [-0.4, -0.2) is 43.7 Å². The Morgan fingerprint density at radius 1 is 1.40 bits per heavy atom. The topological polar surface area (TPSA) is 101 Å². The van der Waals surface area contributed by atoms with Gasteiger partial charge in [-0.25, -0.2) is 9.97 Å². The predicted octanol–water partition coefficient (Wildman–Crippen LogP) is 1.21. The molecule has 4 heterocycles. The lowest BCUT2D eigenvalue weighted by atomic mass is 10.3. The molecule has 0 fully saturated rings. The van der Waals surface area contributed by atoms with E-state index in [2.05, 4.69) is 25.0 Å². The highest BCUT2D eigenvalue weighted by atomic mass is 32.1. The Balaban J connectivity index is 1.72. The quantitative estimate of drug-likeness (QED) is 0.573. The van der Waals surface area contributed by atoms with Crippen LogP contribution in [0.3, 0.4) is 0 Å². The fraction of sp³-hybridized carbons (Fsp3) is 0.267. The van der Waals surface area contributed by atoms with Gasteiger partial charge in [-0.05, 0) is 11.4 Å². The lowest BCUT2D eigenvalue weighted by molar-refractivity contribution is 0.181. The molecule has 0 aromatic carbocycles. The summed E-state index contributed by atoms with van der Waals surface area (Å²) in [5.41, 5.74) is 1.33. The molecule has 1 N–H and O–H groups in total. The Morgan fingerprint density at radius 3 is 3.12 bits per heavy atom. The maximum atomic E-state index is 12.1. The third-order valence-corrected chi connectivity index (χ3v) is 4.62. The second kappa shape index (κ2) is 6.22. The maximum absolute atomic E-state index is 12.1. The Labute approximate surface area is 145 Å². The van der Waals surface area contributed by atoms with Crippen molar-refractivity contribution in [3.63, 3.8) is 0 Å². The van der Waals surface area contributed by atoms with E-state index in [0.717, 1.165) is 11.5 Å². The number of ether oxygens (including phenoxy) is 1. The van der Waals surface area contributed by atoms with Crippen LogP contribution in [0, 0.1) is 0 Å². The van der Waals surface area contributed by atoms with Crippen LogP contribution >= 0.6 is 11.3 Å². The zero-order valence-electron chi connectivity index (χ0n) is 13.6. The number of hydrogen-bond donors (Lipinski definition) is 1. The highest BCUT2D eigenvalue weighted by Crippen LogP contribution is 2.18. The molecule has 0 saturated carbocycles. The van der Waals surface area contributed by atoms with E-state index in [-0.39, 0.29) is 5.56 Å². The van der Waals surface area contributed by atoms with Crippen molar-refractivity contribution in [2.75, 3.05) is 19.1 Å². The third-order valence-electron chi connectivity index (χ3n) is 3.72. The average molecular weight is 357 g/mol. The molecule has 0 aliphatic rings. The predicted molar refractivity (Wildman–Crippen MR) is 93.8 cm³/mol. The van der Waals surface area contributed by atoms with Gasteiger partial charge in [0.2, 0.25) is 0 Å². The van der Waals surface area contributed by atoms with Crippen molar-refractivity contribution in [3.05, 3.63) is 45.7 Å². The lowest BCUT2D eigenvalue weighted by Gasteiger charge is -2.19. The van der Waals surface area contributed by atoms with E-state index in [9.17, 15) is 4.79 Å². The van der Waals surface area contributed by atoms with E-state index < -0.39 is 0 Å². The molecule has 4 aromatic rings. The van der Waals surface area contributed by atoms with E-state index in [1.54, 1.807) is 11.6 Å². The number of nitrogens with one attached hydrogen (secondary N) is 1. The smallest absolute Gasteiger partial charge is 0.268 e. The van der Waals surface area contributed by atoms with E-state index in [1.807, 2.05) is 29.5 Å². The lowest BCUT2D eigenvalue weighted by Crippen LogP contribution is -2.23. The van der Waals surface area contributed by atoms with Gasteiger partial charge in [-0.2, -0.15) is 14.6 Å². The van der Waals surface area contributed by atoms with Gasteiger partial charge in [0, 0.05) is 20.2 Å². The van der Waals surface area contributed by atoms with Crippen LogP contribution in [0.25, 0.3) is 16.0 Å². The van der Waals surface area contributed by atoms with Crippen LogP contribution in [-0.2, 0) is 17.9 Å². The van der Waals surface area contributed by atoms with Gasteiger partial charge >= 0.3 is 0 Å². The molecule has 0 bridgehead atoms. The van der Waals surface area contributed by atoms with Crippen LogP contribution in [0.1, 0.15) is 11.5 Å². The van der Waals surface area contributed by atoms with Gasteiger partial charge in [0.25, 0.3) is 11.3 Å². The van der Waals surface area contributed by atoms with E-state index >= 15 is 0 Å². The van der Waals surface area contributed by atoms with Crippen molar-refractivity contribution in [1.82, 2.24) is 29.5 Å². The van der Waals surface area contributed by atoms with Crippen LogP contribution in [0.15, 0.2) is 28.6 Å². The Bertz CT molecular complexity index is 1100. The van der Waals surface area contributed by atoms with Crippen LogP contribution < -0.4 is 10.5 Å². The van der Waals surface area contributed by atoms with Gasteiger partial charge in [-0.1, -0.05) is 0 Å². The van der Waals surface area contributed by atoms with Crippen LogP contribution in [0.2, 0.25) is 0 Å². The molecular weight excluding hydrogens is 342 g/mol. The molecule has 4 aromatic heterocycles. The summed E-state index contributed by atoms with van der Waals surface area (Å²) in [4.78, 5) is 29.9.